The zero-order chi connectivity index (χ0) is 13.1. The van der Waals surface area contributed by atoms with Gasteiger partial charge >= 0.3 is 19.7 Å². The van der Waals surface area contributed by atoms with E-state index in [1.807, 2.05) is 0 Å². The second-order valence-electron chi connectivity index (χ2n) is 2.83. The topological polar surface area (TPSA) is 152 Å². The van der Waals surface area contributed by atoms with Crippen LogP contribution < -0.4 is 0 Å². The van der Waals surface area contributed by atoms with Crippen molar-refractivity contribution in [3.63, 3.8) is 0 Å². The van der Waals surface area contributed by atoms with Crippen LogP contribution in [0.2, 0.25) is 0 Å². The molecule has 0 aliphatic carbocycles. The smallest absolute Gasteiger partial charge is 0.433 e. The second kappa shape index (κ2) is 5.06. The van der Waals surface area contributed by atoms with E-state index in [1.165, 1.54) is 0 Å². The first-order valence-electron chi connectivity index (χ1n) is 3.87. The average Bonchev–Trinajstić information content (AvgIpc) is 1.97. The van der Waals surface area contributed by atoms with Gasteiger partial charge < -0.3 is 20.0 Å². The van der Waals surface area contributed by atoms with Crippen molar-refractivity contribution in [3.8, 4) is 0 Å². The number of carbonyl (C=O) groups is 3. The Labute approximate surface area is 89.5 Å². The van der Waals surface area contributed by atoms with Crippen molar-refractivity contribution in [2.45, 2.75) is 19.4 Å². The summed E-state index contributed by atoms with van der Waals surface area (Å²) in [4.78, 5) is 49.3. The largest absolute Gasteiger partial charge is 0.481 e. The van der Waals surface area contributed by atoms with Gasteiger partial charge in [-0.2, -0.15) is 0 Å². The van der Waals surface area contributed by atoms with Gasteiger partial charge in [0.15, 0.2) is 6.04 Å². The van der Waals surface area contributed by atoms with Crippen LogP contribution in [0.5, 0.6) is 0 Å². The zero-order valence-electron chi connectivity index (χ0n) is 8.10. The van der Waals surface area contributed by atoms with Crippen molar-refractivity contribution in [1.29, 1.82) is 0 Å². The number of carbonyl (C=O) groups excluding carboxylic acids is 1. The van der Waals surface area contributed by atoms with Crippen molar-refractivity contribution in [2.24, 2.45) is 0 Å². The van der Waals surface area contributed by atoms with Gasteiger partial charge in [0.05, 0.1) is 6.42 Å². The van der Waals surface area contributed by atoms with Gasteiger partial charge in [-0.05, 0) is 0 Å². The van der Waals surface area contributed by atoms with Crippen LogP contribution >= 0.6 is 7.75 Å². The Morgan fingerprint density at radius 3 is 1.88 bits per heavy atom. The first-order chi connectivity index (χ1) is 7.07. The Hall–Kier alpha value is -1.44. The van der Waals surface area contributed by atoms with Gasteiger partial charge in [0.25, 0.3) is 0 Å². The molecule has 0 bridgehead atoms. The molecule has 1 amide bonds. The van der Waals surface area contributed by atoms with Crippen LogP contribution in [-0.2, 0) is 18.9 Å². The summed E-state index contributed by atoms with van der Waals surface area (Å²) in [7, 11) is -5.16. The fourth-order valence-electron chi connectivity index (χ4n) is 1.03. The van der Waals surface area contributed by atoms with Crippen molar-refractivity contribution < 1.29 is 38.9 Å². The third-order valence-electron chi connectivity index (χ3n) is 1.55. The maximum absolute atomic E-state index is 10.9. The number of aliphatic carboxylic acids is 2. The quantitative estimate of drug-likeness (QED) is 0.449. The summed E-state index contributed by atoms with van der Waals surface area (Å²) in [6.45, 7) is 0.733. The van der Waals surface area contributed by atoms with E-state index in [2.05, 4.69) is 0 Å². The molecule has 0 radical (unpaired) electrons. The summed E-state index contributed by atoms with van der Waals surface area (Å²) >= 11 is 0. The van der Waals surface area contributed by atoms with E-state index in [9.17, 15) is 18.9 Å². The number of hydrogen-bond acceptors (Lipinski definition) is 4. The summed E-state index contributed by atoms with van der Waals surface area (Å²) in [5, 5.41) is 17.0. The van der Waals surface area contributed by atoms with Crippen molar-refractivity contribution in [2.75, 3.05) is 0 Å². The van der Waals surface area contributed by atoms with Gasteiger partial charge in [-0.3, -0.25) is 9.59 Å². The molecule has 0 saturated carbocycles. The fraction of sp³-hybridized carbons (Fsp3) is 0.500. The molecule has 16 heavy (non-hydrogen) atoms. The van der Waals surface area contributed by atoms with Crippen molar-refractivity contribution in [3.05, 3.63) is 0 Å². The van der Waals surface area contributed by atoms with Crippen LogP contribution in [0.15, 0.2) is 0 Å². The second-order valence-corrected chi connectivity index (χ2v) is 4.29. The Kier molecular flexibility index (Phi) is 4.61. The first-order valence-corrected chi connectivity index (χ1v) is 5.44. The minimum absolute atomic E-state index is 0.260. The molecular weight excluding hydrogens is 245 g/mol. The molecule has 0 heterocycles. The van der Waals surface area contributed by atoms with Crippen LogP contribution in [0.4, 0.5) is 0 Å². The molecule has 92 valence electrons. The molecule has 0 aromatic carbocycles. The lowest BCUT2D eigenvalue weighted by molar-refractivity contribution is -0.151. The molecular formula is C6H10NO8P. The van der Waals surface area contributed by atoms with Gasteiger partial charge in [0, 0.05) is 6.92 Å². The lowest BCUT2D eigenvalue weighted by Crippen LogP contribution is -2.43. The molecule has 9 nitrogen and oxygen atoms in total. The Balaban J connectivity index is 5.28. The first kappa shape index (κ1) is 14.6. The van der Waals surface area contributed by atoms with Crippen LogP contribution in [0.3, 0.4) is 0 Å². The van der Waals surface area contributed by atoms with E-state index in [-0.39, 0.29) is 4.67 Å². The molecule has 4 N–H and O–H groups in total. The molecule has 0 saturated heterocycles. The predicted octanol–water partition coefficient (Wildman–Crippen LogP) is -1.14. The average molecular weight is 255 g/mol. The van der Waals surface area contributed by atoms with E-state index in [4.69, 9.17) is 20.0 Å². The molecule has 10 heteroatoms. The SMILES string of the molecule is CC(=O)N([C@@H](CC(=O)O)C(=O)O)P(=O)(O)O. The molecule has 0 aliphatic rings. The molecule has 0 aliphatic heterocycles. The summed E-state index contributed by atoms with van der Waals surface area (Å²) in [5.74, 6) is -4.62. The number of nitrogens with zero attached hydrogens (tertiary/aromatic N) is 1. The third-order valence-corrected chi connectivity index (χ3v) is 2.67. The third kappa shape index (κ3) is 3.97. The molecule has 0 spiro atoms. The standard InChI is InChI=1S/C6H10NO8P/c1-3(8)7(16(13,14)15)4(6(11)12)2-5(9)10/h4H,2H2,1H3,(H,9,10)(H,11,12)(H2,13,14,15)/t4-/m0/s1. The van der Waals surface area contributed by atoms with Crippen LogP contribution in [0.25, 0.3) is 0 Å². The van der Waals surface area contributed by atoms with E-state index in [1.54, 1.807) is 0 Å². The lowest BCUT2D eigenvalue weighted by Gasteiger charge is -2.26. The van der Waals surface area contributed by atoms with Gasteiger partial charge in [-0.15, -0.1) is 0 Å². The summed E-state index contributed by atoms with van der Waals surface area (Å²) in [6, 6.07) is -2.10. The molecule has 0 rings (SSSR count). The summed E-state index contributed by atoms with van der Waals surface area (Å²) in [6.07, 6.45) is -1.10. The predicted molar refractivity (Wildman–Crippen MR) is 48.2 cm³/mol. The van der Waals surface area contributed by atoms with Gasteiger partial charge in [-0.1, -0.05) is 0 Å². The van der Waals surface area contributed by atoms with Crippen LogP contribution in [0.1, 0.15) is 13.3 Å². The van der Waals surface area contributed by atoms with E-state index in [0.717, 1.165) is 6.92 Å². The maximum Gasteiger partial charge on any atom is 0.433 e. The number of carboxylic acid groups (broad SMARTS) is 2. The van der Waals surface area contributed by atoms with E-state index in [0.29, 0.717) is 0 Å². The highest BCUT2D eigenvalue weighted by atomic mass is 31.2. The minimum Gasteiger partial charge on any atom is -0.481 e. The number of amides is 1. The monoisotopic (exact) mass is 255 g/mol. The lowest BCUT2D eigenvalue weighted by atomic mass is 10.2. The Morgan fingerprint density at radius 2 is 1.69 bits per heavy atom. The van der Waals surface area contributed by atoms with E-state index >= 15 is 0 Å². The highest BCUT2D eigenvalue weighted by Crippen LogP contribution is 2.42. The van der Waals surface area contributed by atoms with E-state index < -0.39 is 38.1 Å². The van der Waals surface area contributed by atoms with Crippen LogP contribution in [-0.4, -0.2) is 48.6 Å². The summed E-state index contributed by atoms with van der Waals surface area (Å²) in [5.41, 5.74) is 0. The summed E-state index contributed by atoms with van der Waals surface area (Å²) < 4.78 is 10.6. The highest BCUT2D eigenvalue weighted by molar-refractivity contribution is 7.50. The highest BCUT2D eigenvalue weighted by Gasteiger charge is 2.40. The Bertz CT molecular complexity index is 360. The van der Waals surface area contributed by atoms with Crippen molar-refractivity contribution in [1.82, 2.24) is 4.67 Å². The molecule has 0 aromatic rings. The number of rotatable bonds is 5. The zero-order valence-corrected chi connectivity index (χ0v) is 9.00. The molecule has 0 unspecified atom stereocenters. The molecule has 0 aromatic heterocycles. The van der Waals surface area contributed by atoms with Crippen molar-refractivity contribution >= 4 is 25.6 Å². The number of hydrogen-bond donors (Lipinski definition) is 4. The number of carboxylic acids is 2. The molecule has 0 fully saturated rings. The minimum atomic E-state index is -5.16. The van der Waals surface area contributed by atoms with Gasteiger partial charge in [0.1, 0.15) is 0 Å². The molecule has 1 atom stereocenters. The Morgan fingerprint density at radius 1 is 1.25 bits per heavy atom. The van der Waals surface area contributed by atoms with Gasteiger partial charge in [-0.25, -0.2) is 14.0 Å². The normalized spacial score (nSPS) is 12.9. The van der Waals surface area contributed by atoms with Crippen LogP contribution in [0, 0.1) is 0 Å². The maximum atomic E-state index is 10.9. The van der Waals surface area contributed by atoms with Gasteiger partial charge in [0.2, 0.25) is 5.91 Å². The fourth-order valence-corrected chi connectivity index (χ4v) is 1.94.